The van der Waals surface area contributed by atoms with Crippen LogP contribution in [0.3, 0.4) is 0 Å². The topological polar surface area (TPSA) is 216 Å². The molecule has 5 N–H and O–H groups in total. The molecule has 9 rings (SSSR count). The van der Waals surface area contributed by atoms with Crippen LogP contribution >= 0.6 is 35.6 Å². The van der Waals surface area contributed by atoms with E-state index in [2.05, 4.69) is 35.2 Å². The van der Waals surface area contributed by atoms with Crippen molar-refractivity contribution >= 4 is 41.7 Å². The molecule has 0 aromatic carbocycles. The molecule has 0 atom stereocenters. The number of pyridine rings is 6. The summed E-state index contributed by atoms with van der Waals surface area (Å²) in [6.45, 7) is 12.2. The van der Waals surface area contributed by atoms with Gasteiger partial charge in [0, 0.05) is 104 Å². The molecule has 18 heteroatoms. The number of ether oxygens (including phenoxy) is 2. The Labute approximate surface area is 442 Å². The lowest BCUT2D eigenvalue weighted by Crippen LogP contribution is -2.32. The molecule has 9 heterocycles. The van der Waals surface area contributed by atoms with E-state index in [1.54, 1.807) is 74.4 Å². The first-order valence-electron chi connectivity index (χ1n) is 22.9. The van der Waals surface area contributed by atoms with Crippen LogP contribution in [-0.2, 0) is 29.1 Å². The van der Waals surface area contributed by atoms with Gasteiger partial charge in [-0.2, -0.15) is 0 Å². The molecular formula is C55H60Cl3N9O6. The molecule has 9 aromatic heterocycles. The van der Waals surface area contributed by atoms with Crippen LogP contribution in [0.25, 0.3) is 67.4 Å². The standard InChI is InChI=1S/C20H21N3O3.2C15H13N3O.C4H10O.CH2Cl2.ClH/c1-20(2,3)26-19(24)23-12-15-4-5-18(25-15)17-13-22-11-8-16(17)14-6-9-21-10-7-14;2*16-9-12-1-2-15(19-12)14-10-18-8-5-13(14)11-3-6-17-7-4-11;1-3-5-4-2;2-1-3;/h4-11,13H,12H2,1-3H3,(H,23,24);2*1-8,10H,9,16H2;3-4H2,1-2H3;1H2;1H. The van der Waals surface area contributed by atoms with E-state index in [-0.39, 0.29) is 24.3 Å². The lowest BCUT2D eigenvalue weighted by atomic mass is 10.0. The second kappa shape index (κ2) is 31.3. The minimum Gasteiger partial charge on any atom is -0.460 e. The summed E-state index contributed by atoms with van der Waals surface area (Å²) in [6.07, 6.45) is 20.7. The number of nitrogens with one attached hydrogen (secondary N) is 1. The van der Waals surface area contributed by atoms with E-state index in [4.69, 9.17) is 57.4 Å². The molecule has 73 heavy (non-hydrogen) atoms. The Kier molecular flexibility index (Phi) is 25.0. The van der Waals surface area contributed by atoms with Gasteiger partial charge in [0.05, 0.1) is 25.0 Å². The van der Waals surface area contributed by atoms with E-state index >= 15 is 0 Å². The van der Waals surface area contributed by atoms with E-state index < -0.39 is 11.7 Å². The van der Waals surface area contributed by atoms with Crippen LogP contribution in [0.4, 0.5) is 4.79 Å². The molecule has 0 aliphatic rings. The molecule has 382 valence electrons. The average Bonchev–Trinajstić information content (AvgIpc) is 4.22. The quantitative estimate of drug-likeness (QED) is 0.0971. The Morgan fingerprint density at radius 2 is 0.822 bits per heavy atom. The van der Waals surface area contributed by atoms with Crippen molar-refractivity contribution in [1.29, 1.82) is 0 Å². The van der Waals surface area contributed by atoms with Crippen LogP contribution in [0.15, 0.2) is 179 Å². The molecule has 9 aromatic rings. The van der Waals surface area contributed by atoms with Crippen molar-refractivity contribution in [3.05, 3.63) is 183 Å². The van der Waals surface area contributed by atoms with Gasteiger partial charge in [0.25, 0.3) is 0 Å². The maximum absolute atomic E-state index is 11.8. The lowest BCUT2D eigenvalue weighted by molar-refractivity contribution is 0.0520. The highest BCUT2D eigenvalue weighted by Gasteiger charge is 2.17. The molecule has 0 saturated carbocycles. The van der Waals surface area contributed by atoms with Gasteiger partial charge >= 0.3 is 6.09 Å². The van der Waals surface area contributed by atoms with Crippen molar-refractivity contribution in [2.75, 3.05) is 18.6 Å². The number of furan rings is 3. The largest absolute Gasteiger partial charge is 0.460 e. The Morgan fingerprint density at radius 1 is 0.507 bits per heavy atom. The first-order valence-corrected chi connectivity index (χ1v) is 24.0. The smallest absolute Gasteiger partial charge is 0.408 e. The number of nitrogens with two attached hydrogens (primary N) is 2. The number of carbonyl (C=O) groups is 1. The van der Waals surface area contributed by atoms with E-state index in [0.29, 0.717) is 24.6 Å². The molecule has 0 bridgehead atoms. The van der Waals surface area contributed by atoms with E-state index in [0.717, 1.165) is 86.3 Å². The number of halogens is 3. The Morgan fingerprint density at radius 3 is 1.11 bits per heavy atom. The minimum absolute atomic E-state index is 0. The van der Waals surface area contributed by atoms with Crippen LogP contribution in [-0.4, -0.2) is 60.2 Å². The normalized spacial score (nSPS) is 10.3. The maximum Gasteiger partial charge on any atom is 0.408 e. The highest BCUT2D eigenvalue weighted by molar-refractivity contribution is 6.40. The van der Waals surface area contributed by atoms with E-state index in [1.165, 1.54) is 0 Å². The van der Waals surface area contributed by atoms with E-state index in [9.17, 15) is 4.79 Å². The molecule has 1 amide bonds. The lowest BCUT2D eigenvalue weighted by Gasteiger charge is -2.19. The SMILES string of the molecule is CC(C)(C)OC(=O)NCc1ccc(-c2cnccc2-c2ccncc2)o1.CCOCC.Cl.ClCCl.NCc1ccc(-c2cnccc2-c2ccncc2)o1.NCc1ccc(-c2cnccc2-c2ccncc2)o1. The fraction of sp³-hybridized carbons (Fsp3) is 0.218. The fourth-order valence-electron chi connectivity index (χ4n) is 6.68. The van der Waals surface area contributed by atoms with Gasteiger partial charge in [0.15, 0.2) is 0 Å². The molecule has 0 spiro atoms. The van der Waals surface area contributed by atoms with Crippen molar-refractivity contribution in [3.8, 4) is 67.4 Å². The van der Waals surface area contributed by atoms with Gasteiger partial charge in [0.1, 0.15) is 40.2 Å². The zero-order valence-electron chi connectivity index (χ0n) is 41.3. The van der Waals surface area contributed by atoms with Gasteiger partial charge in [-0.05, 0) is 159 Å². The number of nitrogens with zero attached hydrogens (tertiary/aromatic N) is 6. The van der Waals surface area contributed by atoms with Gasteiger partial charge in [0.2, 0.25) is 0 Å². The van der Waals surface area contributed by atoms with Gasteiger partial charge in [-0.3, -0.25) is 29.9 Å². The second-order valence-electron chi connectivity index (χ2n) is 15.9. The Hall–Kier alpha value is -7.24. The van der Waals surface area contributed by atoms with Crippen LogP contribution < -0.4 is 16.8 Å². The van der Waals surface area contributed by atoms with Crippen LogP contribution in [0.2, 0.25) is 0 Å². The summed E-state index contributed by atoms with van der Waals surface area (Å²) in [4.78, 5) is 36.4. The Bertz CT molecular complexity index is 2830. The zero-order chi connectivity index (χ0) is 51.6. The fourth-order valence-corrected chi connectivity index (χ4v) is 6.68. The van der Waals surface area contributed by atoms with E-state index in [1.807, 2.05) is 126 Å². The van der Waals surface area contributed by atoms with Crippen LogP contribution in [0.1, 0.15) is 51.9 Å². The third-order valence-electron chi connectivity index (χ3n) is 9.83. The van der Waals surface area contributed by atoms with Gasteiger partial charge in [-0.15, -0.1) is 35.6 Å². The number of hydrogen-bond donors (Lipinski definition) is 3. The molecule has 0 radical (unpaired) electrons. The number of carbonyl (C=O) groups excluding carboxylic acids is 1. The third kappa shape index (κ3) is 18.7. The predicted molar refractivity (Wildman–Crippen MR) is 290 cm³/mol. The summed E-state index contributed by atoms with van der Waals surface area (Å²) < 4.78 is 27.3. The van der Waals surface area contributed by atoms with Gasteiger partial charge < -0.3 is 39.5 Å². The zero-order valence-corrected chi connectivity index (χ0v) is 43.6. The monoisotopic (exact) mass is 1050 g/mol. The summed E-state index contributed by atoms with van der Waals surface area (Å²) >= 11 is 9.53. The van der Waals surface area contributed by atoms with Crippen LogP contribution in [0.5, 0.6) is 0 Å². The molecule has 0 aliphatic carbocycles. The van der Waals surface area contributed by atoms with Crippen molar-refractivity contribution in [2.24, 2.45) is 11.5 Å². The molecule has 0 unspecified atom stereocenters. The summed E-state index contributed by atoms with van der Waals surface area (Å²) in [5, 5.41) is 2.88. The summed E-state index contributed by atoms with van der Waals surface area (Å²) in [5.41, 5.74) is 19.7. The first-order chi connectivity index (χ1) is 35.0. The number of alkyl carbamates (subject to hydrolysis) is 1. The molecule has 0 fully saturated rings. The van der Waals surface area contributed by atoms with Gasteiger partial charge in [-0.1, -0.05) is 0 Å². The molecular weight excluding hydrogens is 989 g/mol. The van der Waals surface area contributed by atoms with Crippen molar-refractivity contribution in [3.63, 3.8) is 0 Å². The number of aromatic nitrogens is 6. The maximum atomic E-state index is 11.8. The average molecular weight is 1050 g/mol. The number of alkyl halides is 2. The summed E-state index contributed by atoms with van der Waals surface area (Å²) in [6, 6.07) is 28.9. The number of rotatable bonds is 12. The first kappa shape index (κ1) is 58.3. The molecule has 0 aliphatic heterocycles. The number of hydrogen-bond acceptors (Lipinski definition) is 14. The summed E-state index contributed by atoms with van der Waals surface area (Å²) in [5.74, 6) is 4.40. The Balaban J connectivity index is 0.000000222. The number of amides is 1. The van der Waals surface area contributed by atoms with Crippen molar-refractivity contribution in [2.45, 2.75) is 59.9 Å². The van der Waals surface area contributed by atoms with Crippen molar-refractivity contribution < 1.29 is 27.5 Å². The van der Waals surface area contributed by atoms with Gasteiger partial charge in [-0.25, -0.2) is 4.79 Å². The minimum atomic E-state index is -0.534. The second-order valence-corrected chi connectivity index (χ2v) is 16.7. The summed E-state index contributed by atoms with van der Waals surface area (Å²) in [7, 11) is 0. The highest BCUT2D eigenvalue weighted by atomic mass is 35.5. The van der Waals surface area contributed by atoms with Crippen molar-refractivity contribution in [1.82, 2.24) is 35.2 Å². The third-order valence-corrected chi connectivity index (χ3v) is 9.83. The highest BCUT2D eigenvalue weighted by Crippen LogP contribution is 2.34. The predicted octanol–water partition coefficient (Wildman–Crippen LogP) is 13.0. The van der Waals surface area contributed by atoms with Crippen LogP contribution in [0, 0.1) is 0 Å². The molecule has 15 nitrogen and oxygen atoms in total. The molecule has 0 saturated heterocycles.